The van der Waals surface area contributed by atoms with Crippen LogP contribution in [0.4, 0.5) is 13.2 Å². The van der Waals surface area contributed by atoms with Gasteiger partial charge < -0.3 is 14.6 Å². The Morgan fingerprint density at radius 2 is 2.05 bits per heavy atom. The number of halogens is 3. The first-order valence-corrected chi connectivity index (χ1v) is 6.84. The molecule has 2 rings (SSSR count). The lowest BCUT2D eigenvalue weighted by molar-refractivity contribution is -0.137. The van der Waals surface area contributed by atoms with E-state index in [1.54, 1.807) is 0 Å². The molecule has 3 atom stereocenters. The van der Waals surface area contributed by atoms with E-state index in [4.69, 9.17) is 9.26 Å². The molecule has 112 valence electrons. The molecule has 0 bridgehead atoms. The standard InChI is InChI=1S/C13H17F3NO2P/c1-8-7-17-5-4-10(8)18-11-3-2-9(13(14,15)16)6-12(11)19-20/h2-3,6,8,10,17H,4-5,7,20H2,1H3/t8-,10-/m0/s1. The number of ether oxygens (including phenoxy) is 1. The fourth-order valence-electron chi connectivity index (χ4n) is 2.20. The second-order valence-electron chi connectivity index (χ2n) is 4.90. The normalized spacial score (nSPS) is 23.4. The van der Waals surface area contributed by atoms with E-state index in [0.29, 0.717) is 11.7 Å². The van der Waals surface area contributed by atoms with Crippen molar-refractivity contribution >= 4 is 9.47 Å². The molecule has 1 aliphatic heterocycles. The van der Waals surface area contributed by atoms with Crippen molar-refractivity contribution < 1.29 is 22.4 Å². The monoisotopic (exact) mass is 307 g/mol. The van der Waals surface area contributed by atoms with Crippen LogP contribution in [0.5, 0.6) is 11.5 Å². The Morgan fingerprint density at radius 1 is 1.30 bits per heavy atom. The van der Waals surface area contributed by atoms with E-state index in [0.717, 1.165) is 31.6 Å². The lowest BCUT2D eigenvalue weighted by atomic mass is 9.98. The van der Waals surface area contributed by atoms with Crippen molar-refractivity contribution in [3.63, 3.8) is 0 Å². The zero-order chi connectivity index (χ0) is 14.8. The first-order chi connectivity index (χ1) is 9.41. The van der Waals surface area contributed by atoms with Crippen LogP contribution in [0.1, 0.15) is 18.9 Å². The predicted molar refractivity (Wildman–Crippen MR) is 72.8 cm³/mol. The molecular formula is C13H17F3NO2P. The first-order valence-electron chi connectivity index (χ1n) is 6.37. The average molecular weight is 307 g/mol. The number of hydrogen-bond acceptors (Lipinski definition) is 3. The number of benzene rings is 1. The highest BCUT2D eigenvalue weighted by Crippen LogP contribution is 2.38. The Hall–Kier alpha value is -1.00. The van der Waals surface area contributed by atoms with Gasteiger partial charge in [0.1, 0.15) is 6.10 Å². The number of rotatable bonds is 3. The third kappa shape index (κ3) is 3.55. The molecule has 0 aliphatic carbocycles. The minimum absolute atomic E-state index is 0.0214. The largest absolute Gasteiger partial charge is 0.486 e. The molecule has 0 amide bonds. The van der Waals surface area contributed by atoms with Crippen LogP contribution in [0.3, 0.4) is 0 Å². The van der Waals surface area contributed by atoms with Crippen LogP contribution in [0.25, 0.3) is 0 Å². The van der Waals surface area contributed by atoms with Gasteiger partial charge in [0.05, 0.1) is 15.0 Å². The molecule has 1 saturated heterocycles. The van der Waals surface area contributed by atoms with Crippen molar-refractivity contribution in [2.75, 3.05) is 13.1 Å². The predicted octanol–water partition coefficient (Wildman–Crippen LogP) is 3.25. The summed E-state index contributed by atoms with van der Waals surface area (Å²) in [7, 11) is 1.96. The third-order valence-electron chi connectivity index (χ3n) is 3.38. The fourth-order valence-corrected chi connectivity index (χ4v) is 2.39. The van der Waals surface area contributed by atoms with Gasteiger partial charge in [-0.1, -0.05) is 6.92 Å². The van der Waals surface area contributed by atoms with Gasteiger partial charge in [-0.05, 0) is 31.2 Å². The van der Waals surface area contributed by atoms with Crippen LogP contribution >= 0.6 is 9.47 Å². The summed E-state index contributed by atoms with van der Waals surface area (Å²) in [6.45, 7) is 3.72. The van der Waals surface area contributed by atoms with Crippen molar-refractivity contribution in [1.82, 2.24) is 5.32 Å². The minimum Gasteiger partial charge on any atom is -0.486 e. The summed E-state index contributed by atoms with van der Waals surface area (Å²) in [4.78, 5) is 0. The molecular weight excluding hydrogens is 290 g/mol. The van der Waals surface area contributed by atoms with Gasteiger partial charge in [-0.25, -0.2) is 0 Å². The van der Waals surface area contributed by atoms with E-state index < -0.39 is 11.7 Å². The molecule has 3 nitrogen and oxygen atoms in total. The van der Waals surface area contributed by atoms with Crippen LogP contribution in [0, 0.1) is 5.92 Å². The summed E-state index contributed by atoms with van der Waals surface area (Å²) >= 11 is 0. The first kappa shape index (κ1) is 15.4. The molecule has 0 aromatic heterocycles. The van der Waals surface area contributed by atoms with Crippen molar-refractivity contribution in [3.8, 4) is 11.5 Å². The minimum atomic E-state index is -4.39. The maximum absolute atomic E-state index is 12.6. The summed E-state index contributed by atoms with van der Waals surface area (Å²) < 4.78 is 48.7. The summed E-state index contributed by atoms with van der Waals surface area (Å²) in [5.74, 6) is 0.714. The smallest absolute Gasteiger partial charge is 0.416 e. The van der Waals surface area contributed by atoms with E-state index in [-0.39, 0.29) is 11.9 Å². The molecule has 1 aromatic carbocycles. The van der Waals surface area contributed by atoms with Crippen LogP contribution in [-0.2, 0) is 6.18 Å². The summed E-state index contributed by atoms with van der Waals surface area (Å²) in [5, 5.41) is 3.24. The number of piperidine rings is 1. The van der Waals surface area contributed by atoms with Gasteiger partial charge in [0.2, 0.25) is 0 Å². The van der Waals surface area contributed by atoms with Gasteiger partial charge >= 0.3 is 6.18 Å². The highest BCUT2D eigenvalue weighted by molar-refractivity contribution is 7.10. The number of alkyl halides is 3. The van der Waals surface area contributed by atoms with Gasteiger partial charge in [-0.2, -0.15) is 13.2 Å². The summed E-state index contributed by atoms with van der Waals surface area (Å²) in [5.41, 5.74) is -0.749. The van der Waals surface area contributed by atoms with Gasteiger partial charge in [0, 0.05) is 12.5 Å². The van der Waals surface area contributed by atoms with E-state index >= 15 is 0 Å². The molecule has 1 N–H and O–H groups in total. The van der Waals surface area contributed by atoms with E-state index in [9.17, 15) is 13.2 Å². The van der Waals surface area contributed by atoms with Gasteiger partial charge in [-0.3, -0.25) is 0 Å². The SMILES string of the molecule is C[C@H]1CNCC[C@@H]1Oc1ccc(C(F)(F)F)cc1OP. The highest BCUT2D eigenvalue weighted by atomic mass is 31.0. The van der Waals surface area contributed by atoms with Crippen LogP contribution in [-0.4, -0.2) is 19.2 Å². The topological polar surface area (TPSA) is 30.5 Å². The second kappa shape index (κ2) is 6.19. The molecule has 1 heterocycles. The van der Waals surface area contributed by atoms with Crippen molar-refractivity contribution in [2.24, 2.45) is 5.92 Å². The molecule has 1 aliphatic rings. The Balaban J connectivity index is 2.19. The third-order valence-corrected chi connectivity index (χ3v) is 3.64. The van der Waals surface area contributed by atoms with Crippen LogP contribution in [0.15, 0.2) is 18.2 Å². The van der Waals surface area contributed by atoms with E-state index in [2.05, 4.69) is 5.32 Å². The molecule has 0 saturated carbocycles. The second-order valence-corrected chi connectivity index (χ2v) is 5.14. The molecule has 20 heavy (non-hydrogen) atoms. The van der Waals surface area contributed by atoms with Crippen molar-refractivity contribution in [3.05, 3.63) is 23.8 Å². The van der Waals surface area contributed by atoms with Crippen LogP contribution in [0.2, 0.25) is 0 Å². The molecule has 0 spiro atoms. The van der Waals surface area contributed by atoms with Crippen molar-refractivity contribution in [2.45, 2.75) is 25.6 Å². The van der Waals surface area contributed by atoms with E-state index in [1.165, 1.54) is 6.07 Å². The highest BCUT2D eigenvalue weighted by Gasteiger charge is 2.32. The molecule has 1 aromatic rings. The lowest BCUT2D eigenvalue weighted by Crippen LogP contribution is -2.41. The van der Waals surface area contributed by atoms with Gasteiger partial charge in [0.25, 0.3) is 0 Å². The average Bonchev–Trinajstić information content (AvgIpc) is 2.40. The maximum Gasteiger partial charge on any atom is 0.416 e. The molecule has 7 heteroatoms. The number of hydrogen-bond donors (Lipinski definition) is 1. The Labute approximate surface area is 118 Å². The maximum atomic E-state index is 12.6. The van der Waals surface area contributed by atoms with Gasteiger partial charge in [-0.15, -0.1) is 0 Å². The van der Waals surface area contributed by atoms with E-state index in [1.807, 2.05) is 16.4 Å². The van der Waals surface area contributed by atoms with Crippen molar-refractivity contribution in [1.29, 1.82) is 0 Å². The summed E-state index contributed by atoms with van der Waals surface area (Å²) in [6.07, 6.45) is -3.59. The van der Waals surface area contributed by atoms with Crippen LogP contribution < -0.4 is 14.6 Å². The number of nitrogens with one attached hydrogen (secondary N) is 1. The zero-order valence-corrected chi connectivity index (χ0v) is 12.2. The quantitative estimate of drug-likeness (QED) is 0.870. The summed E-state index contributed by atoms with van der Waals surface area (Å²) in [6, 6.07) is 3.28. The Morgan fingerprint density at radius 3 is 2.65 bits per heavy atom. The molecule has 0 radical (unpaired) electrons. The zero-order valence-electron chi connectivity index (χ0n) is 11.0. The Bertz CT molecular complexity index is 467. The van der Waals surface area contributed by atoms with Gasteiger partial charge in [0.15, 0.2) is 11.5 Å². The molecule has 1 fully saturated rings. The molecule has 1 unspecified atom stereocenters. The fraction of sp³-hybridized carbons (Fsp3) is 0.538. The Kier molecular flexibility index (Phi) is 4.76. The lowest BCUT2D eigenvalue weighted by Gasteiger charge is -2.30.